The second-order valence-corrected chi connectivity index (χ2v) is 2.97. The molecule has 0 spiro atoms. The van der Waals surface area contributed by atoms with Gasteiger partial charge >= 0.3 is 5.97 Å². The number of nitrogens with two attached hydrogens (primary N) is 1. The quantitative estimate of drug-likeness (QED) is 0.658. The van der Waals surface area contributed by atoms with Crippen molar-refractivity contribution in [1.82, 2.24) is 0 Å². The number of carboxylic acid groups (broad SMARTS) is 1. The summed E-state index contributed by atoms with van der Waals surface area (Å²) in [7, 11) is 0. The molecule has 0 bridgehead atoms. The number of hydrogen-bond donors (Lipinski definition) is 3. The highest BCUT2D eigenvalue weighted by Gasteiger charge is 2.16. The van der Waals surface area contributed by atoms with Crippen molar-refractivity contribution in [3.05, 3.63) is 30.3 Å². The molecule has 0 aliphatic rings. The van der Waals surface area contributed by atoms with Crippen molar-refractivity contribution >= 4 is 17.6 Å². The predicted octanol–water partition coefficient (Wildman–Crippen LogP) is 0.227. The van der Waals surface area contributed by atoms with Crippen molar-refractivity contribution in [3.63, 3.8) is 0 Å². The van der Waals surface area contributed by atoms with Crippen molar-refractivity contribution in [3.8, 4) is 0 Å². The molecule has 4 N–H and O–H groups in total. The summed E-state index contributed by atoms with van der Waals surface area (Å²) < 4.78 is 0. The Morgan fingerprint density at radius 1 is 1.53 bits per heavy atom. The van der Waals surface area contributed by atoms with Gasteiger partial charge < -0.3 is 16.2 Å². The number of benzene rings is 1. The van der Waals surface area contributed by atoms with E-state index in [0.29, 0.717) is 5.69 Å². The van der Waals surface area contributed by atoms with Crippen molar-refractivity contribution in [2.24, 2.45) is 5.73 Å². The van der Waals surface area contributed by atoms with E-state index in [1.54, 1.807) is 24.3 Å². The molecule has 1 atom stereocenters. The van der Waals surface area contributed by atoms with Gasteiger partial charge in [0.15, 0.2) is 0 Å². The fourth-order valence-electron chi connectivity index (χ4n) is 0.977. The third-order valence-electron chi connectivity index (χ3n) is 1.70. The lowest BCUT2D eigenvalue weighted by atomic mass is 10.2. The second kappa shape index (κ2) is 5.11. The number of carbonyl (C=O) groups is 2. The first-order chi connectivity index (χ1) is 7.09. The summed E-state index contributed by atoms with van der Waals surface area (Å²) >= 11 is 0. The molecule has 0 aromatic heterocycles. The molecule has 0 saturated carbocycles. The molecule has 15 heavy (non-hydrogen) atoms. The molecule has 5 nitrogen and oxygen atoms in total. The monoisotopic (exact) mass is 207 g/mol. The maximum Gasteiger partial charge on any atom is 0.305 e. The van der Waals surface area contributed by atoms with E-state index in [2.05, 4.69) is 11.4 Å². The lowest BCUT2D eigenvalue weighted by Crippen LogP contribution is -2.37. The number of nitrogens with one attached hydrogen (secondary N) is 1. The van der Waals surface area contributed by atoms with Crippen LogP contribution in [0.15, 0.2) is 24.3 Å². The molecule has 1 aromatic carbocycles. The van der Waals surface area contributed by atoms with Gasteiger partial charge in [0, 0.05) is 11.8 Å². The number of hydrogen-bond acceptors (Lipinski definition) is 3. The molecule has 0 aliphatic carbocycles. The second-order valence-electron chi connectivity index (χ2n) is 2.97. The summed E-state index contributed by atoms with van der Waals surface area (Å²) in [6.45, 7) is 0. The molecule has 1 rings (SSSR count). The van der Waals surface area contributed by atoms with E-state index in [4.69, 9.17) is 10.8 Å². The minimum atomic E-state index is -1.10. The standard InChI is InChI=1S/C10H11N2O3/c11-8(6-9(13)14)10(15)12-7-4-2-1-3-5-7/h1-4,8H,6,11H2,(H,12,15)(H,13,14). The van der Waals surface area contributed by atoms with Crippen LogP contribution in [0.3, 0.4) is 0 Å². The third-order valence-corrected chi connectivity index (χ3v) is 1.70. The lowest BCUT2D eigenvalue weighted by molar-refractivity contribution is -0.138. The van der Waals surface area contributed by atoms with Gasteiger partial charge in [-0.3, -0.25) is 9.59 Å². The zero-order valence-corrected chi connectivity index (χ0v) is 7.93. The van der Waals surface area contributed by atoms with Crippen LogP contribution < -0.4 is 11.1 Å². The van der Waals surface area contributed by atoms with Crippen LogP contribution in [-0.4, -0.2) is 23.0 Å². The number of carbonyl (C=O) groups excluding carboxylic acids is 1. The minimum absolute atomic E-state index is 0.390. The first-order valence-electron chi connectivity index (χ1n) is 4.34. The van der Waals surface area contributed by atoms with Gasteiger partial charge in [0.1, 0.15) is 0 Å². The largest absolute Gasteiger partial charge is 0.481 e. The zero-order valence-electron chi connectivity index (χ0n) is 7.93. The smallest absolute Gasteiger partial charge is 0.305 e. The highest BCUT2D eigenvalue weighted by atomic mass is 16.4. The fraction of sp³-hybridized carbons (Fsp3) is 0.200. The van der Waals surface area contributed by atoms with Crippen LogP contribution in [0, 0.1) is 6.07 Å². The van der Waals surface area contributed by atoms with Gasteiger partial charge in [0.2, 0.25) is 5.91 Å². The van der Waals surface area contributed by atoms with Crippen LogP contribution in [-0.2, 0) is 9.59 Å². The maximum absolute atomic E-state index is 11.3. The number of amides is 1. The molecule has 0 heterocycles. The van der Waals surface area contributed by atoms with E-state index in [1.165, 1.54) is 0 Å². The molecular formula is C10H11N2O3. The Hall–Kier alpha value is -1.88. The van der Waals surface area contributed by atoms with E-state index in [-0.39, 0.29) is 0 Å². The molecule has 79 valence electrons. The normalized spacial score (nSPS) is 11.8. The summed E-state index contributed by atoms with van der Waals surface area (Å²) in [6, 6.07) is 8.50. The molecule has 1 radical (unpaired) electrons. The number of rotatable bonds is 4. The summed E-state index contributed by atoms with van der Waals surface area (Å²) in [5.41, 5.74) is 5.83. The van der Waals surface area contributed by atoms with Crippen LogP contribution in [0.2, 0.25) is 0 Å². The first-order valence-corrected chi connectivity index (χ1v) is 4.34. The van der Waals surface area contributed by atoms with Gasteiger partial charge in [-0.15, -0.1) is 0 Å². The van der Waals surface area contributed by atoms with Gasteiger partial charge in [0.25, 0.3) is 0 Å². The molecule has 1 aromatic rings. The molecule has 0 aliphatic heterocycles. The summed E-state index contributed by atoms with van der Waals surface area (Å²) in [5, 5.41) is 10.9. The van der Waals surface area contributed by atoms with Crippen LogP contribution >= 0.6 is 0 Å². The SMILES string of the molecule is NC(CC(=O)O)C(=O)Nc1[c]cccc1. The Morgan fingerprint density at radius 2 is 2.27 bits per heavy atom. The van der Waals surface area contributed by atoms with Gasteiger partial charge in [-0.25, -0.2) is 0 Å². The number of carboxylic acids is 1. The zero-order chi connectivity index (χ0) is 11.3. The highest BCUT2D eigenvalue weighted by molar-refractivity contribution is 5.96. The van der Waals surface area contributed by atoms with Crippen molar-refractivity contribution in [2.45, 2.75) is 12.5 Å². The number of anilines is 1. The fourth-order valence-corrected chi connectivity index (χ4v) is 0.977. The molecule has 1 amide bonds. The van der Waals surface area contributed by atoms with Gasteiger partial charge in [-0.05, 0) is 6.07 Å². The highest BCUT2D eigenvalue weighted by Crippen LogP contribution is 2.04. The summed E-state index contributed by atoms with van der Waals surface area (Å²) in [5.74, 6) is -1.63. The van der Waals surface area contributed by atoms with E-state index >= 15 is 0 Å². The number of aliphatic carboxylic acids is 1. The van der Waals surface area contributed by atoms with E-state index in [9.17, 15) is 9.59 Å². The first kappa shape index (κ1) is 11.2. The topological polar surface area (TPSA) is 92.4 Å². The molecule has 0 saturated heterocycles. The van der Waals surface area contributed by atoms with Crippen molar-refractivity contribution in [2.75, 3.05) is 5.32 Å². The maximum atomic E-state index is 11.3. The molecular weight excluding hydrogens is 196 g/mol. The van der Waals surface area contributed by atoms with Crippen LogP contribution in [0.4, 0.5) is 5.69 Å². The molecule has 5 heteroatoms. The van der Waals surface area contributed by atoms with Gasteiger partial charge in [0.05, 0.1) is 12.5 Å². The molecule has 1 unspecified atom stereocenters. The van der Waals surface area contributed by atoms with Crippen molar-refractivity contribution in [1.29, 1.82) is 0 Å². The third kappa shape index (κ3) is 3.78. The Bertz CT molecular complexity index is 351. The Labute approximate surface area is 86.9 Å². The summed E-state index contributed by atoms with van der Waals surface area (Å²) in [4.78, 5) is 21.6. The van der Waals surface area contributed by atoms with Crippen LogP contribution in [0.1, 0.15) is 6.42 Å². The van der Waals surface area contributed by atoms with E-state index in [0.717, 1.165) is 0 Å². The van der Waals surface area contributed by atoms with Crippen molar-refractivity contribution < 1.29 is 14.7 Å². The summed E-state index contributed by atoms with van der Waals surface area (Å²) in [6.07, 6.45) is -0.390. The van der Waals surface area contributed by atoms with Gasteiger partial charge in [-0.2, -0.15) is 0 Å². The Balaban J connectivity index is 2.52. The van der Waals surface area contributed by atoms with E-state index in [1.807, 2.05) is 0 Å². The lowest BCUT2D eigenvalue weighted by Gasteiger charge is -2.09. The molecule has 0 fully saturated rings. The Morgan fingerprint density at radius 3 is 2.80 bits per heavy atom. The van der Waals surface area contributed by atoms with Crippen LogP contribution in [0.25, 0.3) is 0 Å². The van der Waals surface area contributed by atoms with Crippen LogP contribution in [0.5, 0.6) is 0 Å². The number of para-hydroxylation sites is 1. The van der Waals surface area contributed by atoms with Gasteiger partial charge in [-0.1, -0.05) is 18.2 Å². The minimum Gasteiger partial charge on any atom is -0.481 e. The average Bonchev–Trinajstić information content (AvgIpc) is 2.18. The Kier molecular flexibility index (Phi) is 3.82. The predicted molar refractivity (Wildman–Crippen MR) is 54.1 cm³/mol. The average molecular weight is 207 g/mol. The van der Waals surface area contributed by atoms with E-state index < -0.39 is 24.3 Å².